The number of carbonyl (C=O) groups is 2. The Balaban J connectivity index is 1.52. The molecule has 1 saturated heterocycles. The number of methoxy groups -OCH3 is 1. The van der Waals surface area contributed by atoms with E-state index in [1.165, 1.54) is 0 Å². The molecule has 0 unspecified atom stereocenters. The number of piperidine rings is 1. The van der Waals surface area contributed by atoms with Gasteiger partial charge in [-0.15, -0.1) is 0 Å². The van der Waals surface area contributed by atoms with Crippen molar-refractivity contribution in [3.8, 4) is 5.75 Å². The molecule has 6 nitrogen and oxygen atoms in total. The van der Waals surface area contributed by atoms with Crippen LogP contribution in [0.3, 0.4) is 0 Å². The molecule has 0 spiro atoms. The summed E-state index contributed by atoms with van der Waals surface area (Å²) < 4.78 is 10.4. The summed E-state index contributed by atoms with van der Waals surface area (Å²) in [5, 5.41) is 2.25. The highest BCUT2D eigenvalue weighted by atomic mass is 16.5. The zero-order chi connectivity index (χ0) is 20.8. The van der Waals surface area contributed by atoms with E-state index in [9.17, 15) is 9.59 Å². The first-order chi connectivity index (χ1) is 14.0. The molecule has 3 rings (SSSR count). The third-order valence-corrected chi connectivity index (χ3v) is 5.52. The molecule has 156 valence electrons. The lowest BCUT2D eigenvalue weighted by atomic mass is 9.97. The van der Waals surface area contributed by atoms with Gasteiger partial charge in [0, 0.05) is 13.6 Å². The van der Waals surface area contributed by atoms with Gasteiger partial charge in [-0.05, 0) is 67.4 Å². The molecule has 0 aliphatic carbocycles. The van der Waals surface area contributed by atoms with Gasteiger partial charge in [-0.3, -0.25) is 14.5 Å². The number of esters is 1. The highest BCUT2D eigenvalue weighted by molar-refractivity contribution is 5.85. The molecule has 1 aliphatic rings. The Hall–Kier alpha value is -2.60. The standard InChI is InChI=1S/C23H30N2O4/c1-4-29-23(27)18-9-11-25(12-10-18)16-22(26)24(2)15-17-5-6-20-14-21(28-3)8-7-19(20)13-17/h5-8,13-14,18H,4,9-12,15-16H2,1-3H3. The lowest BCUT2D eigenvalue weighted by Gasteiger charge is -2.31. The molecule has 1 fully saturated rings. The SMILES string of the molecule is CCOC(=O)C1CCN(CC(=O)N(C)Cc2ccc3cc(OC)ccc3c2)CC1. The minimum atomic E-state index is -0.107. The van der Waals surface area contributed by atoms with Gasteiger partial charge in [0.2, 0.25) is 5.91 Å². The van der Waals surface area contributed by atoms with E-state index in [4.69, 9.17) is 9.47 Å². The van der Waals surface area contributed by atoms with E-state index in [1.54, 1.807) is 12.0 Å². The molecule has 1 aliphatic heterocycles. The van der Waals surface area contributed by atoms with Crippen molar-refractivity contribution in [2.75, 3.05) is 40.4 Å². The lowest BCUT2D eigenvalue weighted by molar-refractivity contribution is -0.149. The van der Waals surface area contributed by atoms with E-state index >= 15 is 0 Å². The summed E-state index contributed by atoms with van der Waals surface area (Å²) >= 11 is 0. The molecule has 29 heavy (non-hydrogen) atoms. The number of likely N-dealkylation sites (tertiary alicyclic amines) is 1. The van der Waals surface area contributed by atoms with E-state index in [0.717, 1.165) is 48.0 Å². The Labute approximate surface area is 172 Å². The predicted octanol–water partition coefficient (Wildman–Crippen LogP) is 3.08. The van der Waals surface area contributed by atoms with Gasteiger partial charge in [0.05, 0.1) is 26.2 Å². The van der Waals surface area contributed by atoms with Gasteiger partial charge in [-0.1, -0.05) is 18.2 Å². The molecular weight excluding hydrogens is 368 g/mol. The minimum absolute atomic E-state index is 0.0322. The molecule has 0 bridgehead atoms. The van der Waals surface area contributed by atoms with E-state index in [2.05, 4.69) is 23.1 Å². The molecule has 6 heteroatoms. The third kappa shape index (κ3) is 5.48. The first-order valence-corrected chi connectivity index (χ1v) is 10.2. The molecule has 0 N–H and O–H groups in total. The highest BCUT2D eigenvalue weighted by Crippen LogP contribution is 2.23. The molecule has 2 aromatic rings. The second kappa shape index (κ2) is 9.74. The first-order valence-electron chi connectivity index (χ1n) is 10.2. The smallest absolute Gasteiger partial charge is 0.309 e. The van der Waals surface area contributed by atoms with Crippen LogP contribution in [0, 0.1) is 5.92 Å². The Morgan fingerprint density at radius 2 is 1.79 bits per heavy atom. The number of hydrogen-bond acceptors (Lipinski definition) is 5. The largest absolute Gasteiger partial charge is 0.497 e. The fourth-order valence-corrected chi connectivity index (χ4v) is 3.76. The van der Waals surface area contributed by atoms with Crippen molar-refractivity contribution in [2.45, 2.75) is 26.3 Å². The monoisotopic (exact) mass is 398 g/mol. The quantitative estimate of drug-likeness (QED) is 0.671. The van der Waals surface area contributed by atoms with Gasteiger partial charge >= 0.3 is 5.97 Å². The van der Waals surface area contributed by atoms with Crippen LogP contribution in [0.4, 0.5) is 0 Å². The zero-order valence-electron chi connectivity index (χ0n) is 17.5. The molecule has 1 amide bonds. The summed E-state index contributed by atoms with van der Waals surface area (Å²) in [4.78, 5) is 28.4. The van der Waals surface area contributed by atoms with Crippen LogP contribution < -0.4 is 4.74 Å². The van der Waals surface area contributed by atoms with Crippen LogP contribution in [0.15, 0.2) is 36.4 Å². The number of ether oxygens (including phenoxy) is 2. The maximum absolute atomic E-state index is 12.7. The lowest BCUT2D eigenvalue weighted by Crippen LogP contribution is -2.43. The van der Waals surface area contributed by atoms with Crippen LogP contribution in [-0.2, 0) is 20.9 Å². The Kier molecular flexibility index (Phi) is 7.09. The van der Waals surface area contributed by atoms with E-state index in [1.807, 2.05) is 32.2 Å². The van der Waals surface area contributed by atoms with Crippen LogP contribution in [0.1, 0.15) is 25.3 Å². The van der Waals surface area contributed by atoms with Crippen molar-refractivity contribution in [1.82, 2.24) is 9.80 Å². The summed E-state index contributed by atoms with van der Waals surface area (Å²) in [5.74, 6) is 0.790. The van der Waals surface area contributed by atoms with E-state index in [0.29, 0.717) is 19.7 Å². The summed E-state index contributed by atoms with van der Waals surface area (Å²) in [5.41, 5.74) is 1.10. The van der Waals surface area contributed by atoms with Gasteiger partial charge in [-0.2, -0.15) is 0 Å². The number of rotatable bonds is 7. The number of carbonyl (C=O) groups excluding carboxylic acids is 2. The Bertz CT molecular complexity index is 859. The average Bonchev–Trinajstić information content (AvgIpc) is 2.74. The van der Waals surface area contributed by atoms with Gasteiger partial charge in [-0.25, -0.2) is 0 Å². The average molecular weight is 399 g/mol. The molecular formula is C23H30N2O4. The van der Waals surface area contributed by atoms with Crippen LogP contribution >= 0.6 is 0 Å². The molecule has 0 aromatic heterocycles. The van der Waals surface area contributed by atoms with Gasteiger partial charge < -0.3 is 14.4 Å². The molecule has 0 atom stereocenters. The first kappa shape index (κ1) is 21.1. The highest BCUT2D eigenvalue weighted by Gasteiger charge is 2.27. The number of nitrogens with zero attached hydrogens (tertiary/aromatic N) is 2. The Morgan fingerprint density at radius 1 is 1.10 bits per heavy atom. The van der Waals surface area contributed by atoms with Crippen LogP contribution in [-0.4, -0.2) is 62.1 Å². The van der Waals surface area contributed by atoms with Crippen molar-refractivity contribution in [1.29, 1.82) is 0 Å². The predicted molar refractivity (Wildman–Crippen MR) is 113 cm³/mol. The molecule has 0 saturated carbocycles. The molecule has 1 heterocycles. The zero-order valence-corrected chi connectivity index (χ0v) is 17.5. The van der Waals surface area contributed by atoms with Crippen LogP contribution in [0.2, 0.25) is 0 Å². The number of benzene rings is 2. The van der Waals surface area contributed by atoms with Gasteiger partial charge in [0.25, 0.3) is 0 Å². The molecule has 2 aromatic carbocycles. The number of amides is 1. The van der Waals surface area contributed by atoms with Crippen molar-refractivity contribution < 1.29 is 19.1 Å². The minimum Gasteiger partial charge on any atom is -0.497 e. The van der Waals surface area contributed by atoms with Gasteiger partial charge in [0.1, 0.15) is 5.75 Å². The topological polar surface area (TPSA) is 59.1 Å². The van der Waals surface area contributed by atoms with Crippen molar-refractivity contribution >= 4 is 22.6 Å². The molecule has 0 radical (unpaired) electrons. The van der Waals surface area contributed by atoms with Crippen molar-refractivity contribution in [3.63, 3.8) is 0 Å². The summed E-state index contributed by atoms with van der Waals surface area (Å²) in [6, 6.07) is 12.2. The van der Waals surface area contributed by atoms with E-state index < -0.39 is 0 Å². The maximum Gasteiger partial charge on any atom is 0.309 e. The van der Waals surface area contributed by atoms with Gasteiger partial charge in [0.15, 0.2) is 0 Å². The van der Waals surface area contributed by atoms with Crippen molar-refractivity contribution in [2.24, 2.45) is 5.92 Å². The summed E-state index contributed by atoms with van der Waals surface area (Å²) in [6.45, 7) is 4.71. The Morgan fingerprint density at radius 3 is 2.48 bits per heavy atom. The fourth-order valence-electron chi connectivity index (χ4n) is 3.76. The van der Waals surface area contributed by atoms with Crippen LogP contribution in [0.25, 0.3) is 10.8 Å². The second-order valence-corrected chi connectivity index (χ2v) is 7.60. The third-order valence-electron chi connectivity index (χ3n) is 5.52. The normalized spacial score (nSPS) is 15.3. The summed E-state index contributed by atoms with van der Waals surface area (Å²) in [6.07, 6.45) is 1.51. The number of hydrogen-bond donors (Lipinski definition) is 0. The van der Waals surface area contributed by atoms with Crippen molar-refractivity contribution in [3.05, 3.63) is 42.0 Å². The van der Waals surface area contributed by atoms with Crippen LogP contribution in [0.5, 0.6) is 5.75 Å². The number of likely N-dealkylation sites (N-methyl/N-ethyl adjacent to an activating group) is 1. The summed E-state index contributed by atoms with van der Waals surface area (Å²) in [7, 11) is 3.50. The second-order valence-electron chi connectivity index (χ2n) is 7.60. The maximum atomic E-state index is 12.7. The van der Waals surface area contributed by atoms with E-state index in [-0.39, 0.29) is 17.8 Å². The fraction of sp³-hybridized carbons (Fsp3) is 0.478. The number of fused-ring (bicyclic) bond motifs is 1.